The standard InChI is InChI=1S/C26H31N5O5S/c1-3-10-27-25(32)17-30-11-13-31(14-12-30)24-16-22(26(33)34)21-15-19(6-9-23(21)28-24)29-37(35,36)20-7-4-18(2)5-8-20/h4-9,15-16,29H,3,10-14,17H2,1-2H3,(H,27,32)(H,33,34). The summed E-state index contributed by atoms with van der Waals surface area (Å²) in [6.07, 6.45) is 0.888. The van der Waals surface area contributed by atoms with Crippen LogP contribution in [0.1, 0.15) is 29.3 Å². The van der Waals surface area contributed by atoms with Gasteiger partial charge in [-0.25, -0.2) is 18.2 Å². The Bertz CT molecular complexity index is 1400. The van der Waals surface area contributed by atoms with Crippen LogP contribution in [0.15, 0.2) is 53.4 Å². The van der Waals surface area contributed by atoms with Crippen molar-refractivity contribution in [1.82, 2.24) is 15.2 Å². The highest BCUT2D eigenvalue weighted by Gasteiger charge is 2.22. The van der Waals surface area contributed by atoms with Crippen LogP contribution in [-0.4, -0.2) is 74.6 Å². The van der Waals surface area contributed by atoms with Crippen LogP contribution in [0.4, 0.5) is 11.5 Å². The van der Waals surface area contributed by atoms with Crippen LogP contribution in [-0.2, 0) is 14.8 Å². The third-order valence-corrected chi connectivity index (χ3v) is 7.64. The fourth-order valence-corrected chi connectivity index (χ4v) is 5.25. The normalized spacial score (nSPS) is 14.5. The van der Waals surface area contributed by atoms with Crippen molar-refractivity contribution >= 4 is 44.3 Å². The molecule has 37 heavy (non-hydrogen) atoms. The molecule has 1 saturated heterocycles. The fraction of sp³-hybridized carbons (Fsp3) is 0.346. The second kappa shape index (κ2) is 11.1. The fourth-order valence-electron chi connectivity index (χ4n) is 4.20. The monoisotopic (exact) mass is 525 g/mol. The number of piperazine rings is 1. The summed E-state index contributed by atoms with van der Waals surface area (Å²) in [5, 5.41) is 13.1. The molecule has 11 heteroatoms. The molecule has 3 aromatic rings. The quantitative estimate of drug-likeness (QED) is 0.389. The Labute approximate surface area is 216 Å². The first-order valence-electron chi connectivity index (χ1n) is 12.2. The first-order chi connectivity index (χ1) is 17.7. The largest absolute Gasteiger partial charge is 0.478 e. The Morgan fingerprint density at radius 1 is 1.03 bits per heavy atom. The topological polar surface area (TPSA) is 132 Å². The molecule has 196 valence electrons. The number of pyridine rings is 1. The van der Waals surface area contributed by atoms with E-state index in [9.17, 15) is 23.1 Å². The molecule has 0 saturated carbocycles. The molecule has 0 bridgehead atoms. The van der Waals surface area contributed by atoms with Crippen molar-refractivity contribution in [2.24, 2.45) is 0 Å². The number of aromatic nitrogens is 1. The summed E-state index contributed by atoms with van der Waals surface area (Å²) in [5.74, 6) is -0.590. The van der Waals surface area contributed by atoms with Gasteiger partial charge in [0.05, 0.1) is 22.5 Å². The van der Waals surface area contributed by atoms with Crippen molar-refractivity contribution in [1.29, 1.82) is 0 Å². The molecule has 0 unspecified atom stereocenters. The molecule has 1 aliphatic rings. The van der Waals surface area contributed by atoms with E-state index in [4.69, 9.17) is 0 Å². The number of aromatic carboxylic acids is 1. The summed E-state index contributed by atoms with van der Waals surface area (Å²) in [4.78, 5) is 33.0. The Morgan fingerprint density at radius 3 is 2.38 bits per heavy atom. The van der Waals surface area contributed by atoms with Crippen LogP contribution >= 0.6 is 0 Å². The molecular weight excluding hydrogens is 494 g/mol. The van der Waals surface area contributed by atoms with E-state index < -0.39 is 16.0 Å². The Hall–Kier alpha value is -3.70. The summed E-state index contributed by atoms with van der Waals surface area (Å²) in [6.45, 7) is 7.39. The van der Waals surface area contributed by atoms with Crippen LogP contribution in [0.2, 0.25) is 0 Å². The number of fused-ring (bicyclic) bond motifs is 1. The van der Waals surface area contributed by atoms with Gasteiger partial charge < -0.3 is 15.3 Å². The summed E-state index contributed by atoms with van der Waals surface area (Å²) in [7, 11) is -3.84. The highest BCUT2D eigenvalue weighted by Crippen LogP contribution is 2.28. The SMILES string of the molecule is CCCNC(=O)CN1CCN(c2cc(C(=O)O)c3cc(NS(=O)(=O)c4ccc(C)cc4)ccc3n2)CC1. The van der Waals surface area contributed by atoms with E-state index >= 15 is 0 Å². The number of carbonyl (C=O) groups is 2. The number of carboxylic acid groups (broad SMARTS) is 1. The molecule has 0 spiro atoms. The van der Waals surface area contributed by atoms with E-state index in [1.807, 2.05) is 18.7 Å². The lowest BCUT2D eigenvalue weighted by atomic mass is 10.1. The number of benzene rings is 2. The maximum Gasteiger partial charge on any atom is 0.336 e. The summed E-state index contributed by atoms with van der Waals surface area (Å²) >= 11 is 0. The predicted octanol–water partition coefficient (Wildman–Crippen LogP) is 2.69. The lowest BCUT2D eigenvalue weighted by Gasteiger charge is -2.35. The van der Waals surface area contributed by atoms with Gasteiger partial charge in [0, 0.05) is 43.8 Å². The maximum absolute atomic E-state index is 12.8. The van der Waals surface area contributed by atoms with Crippen molar-refractivity contribution in [3.8, 4) is 0 Å². The lowest BCUT2D eigenvalue weighted by molar-refractivity contribution is -0.122. The summed E-state index contributed by atoms with van der Waals surface area (Å²) in [5.41, 5.74) is 1.68. The predicted molar refractivity (Wildman–Crippen MR) is 143 cm³/mol. The molecule has 10 nitrogen and oxygen atoms in total. The third kappa shape index (κ3) is 6.36. The van der Waals surface area contributed by atoms with Gasteiger partial charge in [0.25, 0.3) is 10.0 Å². The van der Waals surface area contributed by atoms with Gasteiger partial charge in [-0.2, -0.15) is 0 Å². The molecule has 0 aliphatic carbocycles. The molecule has 2 aromatic carbocycles. The average molecular weight is 526 g/mol. The Morgan fingerprint density at radius 2 is 1.73 bits per heavy atom. The molecule has 1 aromatic heterocycles. The van der Waals surface area contributed by atoms with Gasteiger partial charge in [0.15, 0.2) is 0 Å². The van der Waals surface area contributed by atoms with Gasteiger partial charge in [-0.3, -0.25) is 14.4 Å². The highest BCUT2D eigenvalue weighted by molar-refractivity contribution is 7.92. The summed E-state index contributed by atoms with van der Waals surface area (Å²) in [6, 6.07) is 12.7. The van der Waals surface area contributed by atoms with Gasteiger partial charge in [-0.1, -0.05) is 24.6 Å². The van der Waals surface area contributed by atoms with Gasteiger partial charge in [-0.15, -0.1) is 0 Å². The zero-order valence-electron chi connectivity index (χ0n) is 20.9. The van der Waals surface area contributed by atoms with Crippen molar-refractivity contribution in [3.05, 3.63) is 59.7 Å². The number of aryl methyl sites for hydroxylation is 1. The molecule has 2 heterocycles. The Balaban J connectivity index is 1.53. The van der Waals surface area contributed by atoms with Crippen molar-refractivity contribution < 1.29 is 23.1 Å². The van der Waals surface area contributed by atoms with E-state index in [0.29, 0.717) is 56.0 Å². The minimum absolute atomic E-state index is 0.00102. The van der Waals surface area contributed by atoms with Gasteiger partial charge in [0.1, 0.15) is 5.82 Å². The molecule has 4 rings (SSSR count). The van der Waals surface area contributed by atoms with Crippen molar-refractivity contribution in [2.75, 3.05) is 48.9 Å². The van der Waals surface area contributed by atoms with Crippen molar-refractivity contribution in [3.63, 3.8) is 0 Å². The Kier molecular flexibility index (Phi) is 7.94. The maximum atomic E-state index is 12.8. The van der Waals surface area contributed by atoms with E-state index in [-0.39, 0.29) is 22.1 Å². The van der Waals surface area contributed by atoms with Crippen LogP contribution in [0, 0.1) is 6.92 Å². The van der Waals surface area contributed by atoms with Crippen LogP contribution in [0.3, 0.4) is 0 Å². The molecule has 1 amide bonds. The number of amides is 1. The van der Waals surface area contributed by atoms with E-state index in [0.717, 1.165) is 12.0 Å². The zero-order valence-corrected chi connectivity index (χ0v) is 21.7. The van der Waals surface area contributed by atoms with Gasteiger partial charge in [-0.05, 0) is 49.7 Å². The minimum atomic E-state index is -3.84. The second-order valence-corrected chi connectivity index (χ2v) is 10.8. The number of anilines is 2. The number of hydrogen-bond donors (Lipinski definition) is 3. The first-order valence-corrected chi connectivity index (χ1v) is 13.7. The second-order valence-electron chi connectivity index (χ2n) is 9.10. The van der Waals surface area contributed by atoms with Gasteiger partial charge in [0.2, 0.25) is 5.91 Å². The van der Waals surface area contributed by atoms with Crippen molar-refractivity contribution in [2.45, 2.75) is 25.2 Å². The average Bonchev–Trinajstić information content (AvgIpc) is 2.87. The first kappa shape index (κ1) is 26.4. The van der Waals surface area contributed by atoms with E-state index in [1.165, 1.54) is 24.3 Å². The van der Waals surface area contributed by atoms with Crippen LogP contribution in [0.25, 0.3) is 10.9 Å². The summed E-state index contributed by atoms with van der Waals surface area (Å²) < 4.78 is 28.1. The molecule has 1 fully saturated rings. The molecule has 0 atom stereocenters. The lowest BCUT2D eigenvalue weighted by Crippen LogP contribution is -2.49. The smallest absolute Gasteiger partial charge is 0.336 e. The number of carboxylic acids is 1. The number of hydrogen-bond acceptors (Lipinski definition) is 7. The number of nitrogens with zero attached hydrogens (tertiary/aromatic N) is 3. The molecule has 3 N–H and O–H groups in total. The van der Waals surface area contributed by atoms with E-state index in [1.54, 1.807) is 24.3 Å². The van der Waals surface area contributed by atoms with E-state index in [2.05, 4.69) is 19.9 Å². The van der Waals surface area contributed by atoms with Gasteiger partial charge >= 0.3 is 5.97 Å². The van der Waals surface area contributed by atoms with Crippen LogP contribution in [0.5, 0.6) is 0 Å². The minimum Gasteiger partial charge on any atom is -0.478 e. The van der Waals surface area contributed by atoms with Crippen LogP contribution < -0.4 is 14.9 Å². The third-order valence-electron chi connectivity index (χ3n) is 6.24. The number of sulfonamides is 1. The molecular formula is C26H31N5O5S. The number of rotatable bonds is 9. The highest BCUT2D eigenvalue weighted by atomic mass is 32.2. The number of nitrogens with one attached hydrogen (secondary N) is 2. The zero-order chi connectivity index (χ0) is 26.6. The number of carbonyl (C=O) groups excluding carboxylic acids is 1. The molecule has 0 radical (unpaired) electrons. The molecule has 1 aliphatic heterocycles.